The van der Waals surface area contributed by atoms with Crippen LogP contribution in [0, 0.1) is 19.3 Å². The lowest BCUT2D eigenvalue weighted by Crippen LogP contribution is -1.77. The van der Waals surface area contributed by atoms with Crippen molar-refractivity contribution in [1.82, 2.24) is 0 Å². The number of benzene rings is 1. The maximum Gasteiger partial charge on any atom is 0.0384 e. The van der Waals surface area contributed by atoms with Gasteiger partial charge in [-0.3, -0.25) is 0 Å². The van der Waals surface area contributed by atoms with Crippen LogP contribution in [0.5, 0.6) is 0 Å². The van der Waals surface area contributed by atoms with Crippen molar-refractivity contribution in [1.29, 1.82) is 0 Å². The molecule has 0 heterocycles. The summed E-state index contributed by atoms with van der Waals surface area (Å²) in [4.78, 5) is 0. The molecule has 0 saturated heterocycles. The van der Waals surface area contributed by atoms with Gasteiger partial charge in [-0.25, -0.2) is 0 Å². The lowest BCUT2D eigenvalue weighted by Gasteiger charge is -1.96. The van der Waals surface area contributed by atoms with Crippen molar-refractivity contribution in [3.63, 3.8) is 0 Å². The van der Waals surface area contributed by atoms with Gasteiger partial charge in [-0.1, -0.05) is 12.0 Å². The molecule has 0 nitrogen and oxygen atoms in total. The predicted octanol–water partition coefficient (Wildman–Crippen LogP) is 2.74. The summed E-state index contributed by atoms with van der Waals surface area (Å²) in [7, 11) is 0. The quantitative estimate of drug-likeness (QED) is 0.558. The summed E-state index contributed by atoms with van der Waals surface area (Å²) in [6.07, 6.45) is 5.22. The second kappa shape index (κ2) is 2.90. The minimum atomic E-state index is 0.908. The van der Waals surface area contributed by atoms with Crippen molar-refractivity contribution < 1.29 is 0 Å². The van der Waals surface area contributed by atoms with Gasteiger partial charge in [0.25, 0.3) is 0 Å². The van der Waals surface area contributed by atoms with E-state index in [1.807, 2.05) is 25.1 Å². The summed E-state index contributed by atoms with van der Waals surface area (Å²) in [6, 6.07) is 5.94. The zero-order valence-electron chi connectivity index (χ0n) is 5.69. The van der Waals surface area contributed by atoms with Gasteiger partial charge in [0.05, 0.1) is 0 Å². The van der Waals surface area contributed by atoms with Crippen LogP contribution in [0.3, 0.4) is 0 Å². The molecule has 0 unspecified atom stereocenters. The first-order valence-corrected chi connectivity index (χ1v) is 3.76. The van der Waals surface area contributed by atoms with Crippen LogP contribution in [-0.4, -0.2) is 0 Å². The van der Waals surface area contributed by atoms with E-state index >= 15 is 0 Å². The summed E-state index contributed by atoms with van der Waals surface area (Å²) in [5, 5.41) is 0. The molecule has 0 spiro atoms. The molecule has 0 aliphatic rings. The SMILES string of the molecule is C#Cc1ccc(C)cc1Br. The van der Waals surface area contributed by atoms with Gasteiger partial charge in [0, 0.05) is 10.0 Å². The molecule has 10 heavy (non-hydrogen) atoms. The Balaban J connectivity index is 3.23. The lowest BCUT2D eigenvalue weighted by molar-refractivity contribution is 1.43. The van der Waals surface area contributed by atoms with Crippen LogP contribution in [0.15, 0.2) is 22.7 Å². The zero-order chi connectivity index (χ0) is 7.56. The van der Waals surface area contributed by atoms with Crippen molar-refractivity contribution in [2.75, 3.05) is 0 Å². The second-order valence-electron chi connectivity index (χ2n) is 2.13. The van der Waals surface area contributed by atoms with E-state index in [1.54, 1.807) is 0 Å². The molecular weight excluding hydrogens is 188 g/mol. The normalized spacial score (nSPS) is 8.90. The first-order chi connectivity index (χ1) is 4.74. The van der Waals surface area contributed by atoms with E-state index in [2.05, 4.69) is 21.9 Å². The molecule has 1 rings (SSSR count). The van der Waals surface area contributed by atoms with Gasteiger partial charge < -0.3 is 0 Å². The Kier molecular flexibility index (Phi) is 2.13. The highest BCUT2D eigenvalue weighted by Crippen LogP contribution is 2.16. The number of aryl methyl sites for hydroxylation is 1. The van der Waals surface area contributed by atoms with E-state index < -0.39 is 0 Å². The molecule has 0 fully saturated rings. The largest absolute Gasteiger partial charge is 0.115 e. The molecule has 0 aromatic heterocycles. The summed E-state index contributed by atoms with van der Waals surface area (Å²) < 4.78 is 0.995. The number of terminal acetylenes is 1. The average molecular weight is 195 g/mol. The molecule has 0 saturated carbocycles. The zero-order valence-corrected chi connectivity index (χ0v) is 7.27. The Hall–Kier alpha value is -0.740. The third-order valence-electron chi connectivity index (χ3n) is 1.28. The van der Waals surface area contributed by atoms with Gasteiger partial charge in [0.15, 0.2) is 0 Å². The van der Waals surface area contributed by atoms with Crippen LogP contribution in [-0.2, 0) is 0 Å². The van der Waals surface area contributed by atoms with Gasteiger partial charge in [-0.05, 0) is 40.5 Å². The fraction of sp³-hybridized carbons (Fsp3) is 0.111. The number of halogens is 1. The highest BCUT2D eigenvalue weighted by molar-refractivity contribution is 9.10. The Bertz CT molecular complexity index is 281. The fourth-order valence-electron chi connectivity index (χ4n) is 0.737. The lowest BCUT2D eigenvalue weighted by atomic mass is 10.2. The van der Waals surface area contributed by atoms with E-state index in [-0.39, 0.29) is 0 Å². The monoisotopic (exact) mass is 194 g/mol. The van der Waals surface area contributed by atoms with Crippen molar-refractivity contribution in [2.45, 2.75) is 6.92 Å². The maximum atomic E-state index is 5.22. The standard InChI is InChI=1S/C9H7Br/c1-3-8-5-4-7(2)6-9(8)10/h1,4-6H,2H3. The van der Waals surface area contributed by atoms with E-state index in [0.29, 0.717) is 0 Å². The molecule has 0 atom stereocenters. The topological polar surface area (TPSA) is 0 Å². The van der Waals surface area contributed by atoms with Crippen LogP contribution in [0.2, 0.25) is 0 Å². The predicted molar refractivity (Wildman–Crippen MR) is 46.8 cm³/mol. The van der Waals surface area contributed by atoms with Crippen LogP contribution in [0.4, 0.5) is 0 Å². The van der Waals surface area contributed by atoms with Gasteiger partial charge >= 0.3 is 0 Å². The first-order valence-electron chi connectivity index (χ1n) is 2.97. The van der Waals surface area contributed by atoms with E-state index in [9.17, 15) is 0 Å². The molecule has 0 amide bonds. The maximum absolute atomic E-state index is 5.22. The molecule has 0 bridgehead atoms. The third kappa shape index (κ3) is 1.40. The third-order valence-corrected chi connectivity index (χ3v) is 1.94. The molecule has 50 valence electrons. The molecule has 1 heteroatoms. The molecule has 0 aliphatic carbocycles. The van der Waals surface area contributed by atoms with E-state index in [4.69, 9.17) is 6.42 Å². The van der Waals surface area contributed by atoms with Crippen LogP contribution < -0.4 is 0 Å². The molecule has 0 radical (unpaired) electrons. The Morgan fingerprint density at radius 1 is 1.50 bits per heavy atom. The molecule has 0 aliphatic heterocycles. The van der Waals surface area contributed by atoms with Gasteiger partial charge in [0.1, 0.15) is 0 Å². The van der Waals surface area contributed by atoms with Crippen LogP contribution in [0.1, 0.15) is 11.1 Å². The minimum Gasteiger partial charge on any atom is -0.115 e. The smallest absolute Gasteiger partial charge is 0.0384 e. The summed E-state index contributed by atoms with van der Waals surface area (Å²) in [5.41, 5.74) is 2.12. The van der Waals surface area contributed by atoms with E-state index in [0.717, 1.165) is 10.0 Å². The fourth-order valence-corrected chi connectivity index (χ4v) is 1.34. The van der Waals surface area contributed by atoms with Crippen molar-refractivity contribution in [3.05, 3.63) is 33.8 Å². The molecule has 0 N–H and O–H groups in total. The number of hydrogen-bond donors (Lipinski definition) is 0. The Morgan fingerprint density at radius 2 is 2.20 bits per heavy atom. The van der Waals surface area contributed by atoms with Crippen molar-refractivity contribution in [3.8, 4) is 12.3 Å². The first kappa shape index (κ1) is 7.37. The summed E-state index contributed by atoms with van der Waals surface area (Å²) >= 11 is 3.36. The van der Waals surface area contributed by atoms with Crippen LogP contribution in [0.25, 0.3) is 0 Å². The summed E-state index contributed by atoms with van der Waals surface area (Å²) in [5.74, 6) is 2.58. The van der Waals surface area contributed by atoms with Gasteiger partial charge in [-0.15, -0.1) is 6.42 Å². The Morgan fingerprint density at radius 3 is 2.70 bits per heavy atom. The molecular formula is C9H7Br. The molecule has 1 aromatic carbocycles. The Labute approximate surface area is 69.4 Å². The number of rotatable bonds is 0. The van der Waals surface area contributed by atoms with Gasteiger partial charge in [0.2, 0.25) is 0 Å². The minimum absolute atomic E-state index is 0.908. The molecule has 1 aromatic rings. The van der Waals surface area contributed by atoms with E-state index in [1.165, 1.54) is 5.56 Å². The number of hydrogen-bond acceptors (Lipinski definition) is 0. The van der Waals surface area contributed by atoms with Crippen molar-refractivity contribution >= 4 is 15.9 Å². The van der Waals surface area contributed by atoms with Gasteiger partial charge in [-0.2, -0.15) is 0 Å². The highest BCUT2D eigenvalue weighted by atomic mass is 79.9. The average Bonchev–Trinajstić information content (AvgIpc) is 1.88. The summed E-state index contributed by atoms with van der Waals surface area (Å²) in [6.45, 7) is 2.03. The van der Waals surface area contributed by atoms with Crippen molar-refractivity contribution in [2.24, 2.45) is 0 Å². The highest BCUT2D eigenvalue weighted by Gasteiger charge is 1.93. The van der Waals surface area contributed by atoms with Crippen LogP contribution >= 0.6 is 15.9 Å². The second-order valence-corrected chi connectivity index (χ2v) is 2.98.